The Kier molecular flexibility index (Phi) is 9.43. The average Bonchev–Trinajstić information content (AvgIpc) is 2.93. The van der Waals surface area contributed by atoms with E-state index in [9.17, 15) is 4.79 Å². The predicted octanol–water partition coefficient (Wildman–Crippen LogP) is 5.93. The summed E-state index contributed by atoms with van der Waals surface area (Å²) < 4.78 is 5.36. The molecule has 0 fully saturated rings. The first-order chi connectivity index (χ1) is 17.7. The van der Waals surface area contributed by atoms with Crippen molar-refractivity contribution in [1.82, 2.24) is 9.80 Å². The molecule has 4 aromatic carbocycles. The second-order valence-electron chi connectivity index (χ2n) is 9.06. The zero-order chi connectivity index (χ0) is 25.0. The van der Waals surface area contributed by atoms with Crippen molar-refractivity contribution in [1.29, 1.82) is 0 Å². The van der Waals surface area contributed by atoms with Crippen molar-refractivity contribution in [3.05, 3.63) is 144 Å². The first kappa shape index (κ1) is 25.4. The molecule has 0 saturated carbocycles. The number of esters is 1. The van der Waals surface area contributed by atoms with Gasteiger partial charge in [-0.25, -0.2) is 0 Å². The van der Waals surface area contributed by atoms with E-state index in [1.54, 1.807) is 0 Å². The van der Waals surface area contributed by atoms with E-state index in [2.05, 4.69) is 82.6 Å². The van der Waals surface area contributed by atoms with Crippen LogP contribution in [0.5, 0.6) is 0 Å². The molecule has 4 heteroatoms. The van der Waals surface area contributed by atoms with Crippen LogP contribution in [0.3, 0.4) is 0 Å². The Hall–Kier alpha value is -3.73. The lowest BCUT2D eigenvalue weighted by atomic mass is 10.1. The van der Waals surface area contributed by atoms with E-state index >= 15 is 0 Å². The smallest absolute Gasteiger partial charge is 0.324 e. The summed E-state index contributed by atoms with van der Waals surface area (Å²) in [6.07, 6.45) is 0. The van der Waals surface area contributed by atoms with Gasteiger partial charge in [0.05, 0.1) is 7.11 Å². The van der Waals surface area contributed by atoms with Crippen molar-refractivity contribution >= 4 is 5.97 Å². The monoisotopic (exact) mass is 478 g/mol. The predicted molar refractivity (Wildman–Crippen MR) is 145 cm³/mol. The van der Waals surface area contributed by atoms with Crippen LogP contribution in [-0.4, -0.2) is 35.5 Å². The highest BCUT2D eigenvalue weighted by Crippen LogP contribution is 2.18. The minimum Gasteiger partial charge on any atom is -0.468 e. The highest BCUT2D eigenvalue weighted by molar-refractivity contribution is 5.76. The van der Waals surface area contributed by atoms with Crippen LogP contribution in [0, 0.1) is 0 Å². The summed E-state index contributed by atoms with van der Waals surface area (Å²) in [4.78, 5) is 17.9. The Bertz CT molecular complexity index is 1080. The minimum absolute atomic E-state index is 0.215. The van der Waals surface area contributed by atoms with Crippen molar-refractivity contribution in [3.63, 3.8) is 0 Å². The van der Waals surface area contributed by atoms with Gasteiger partial charge in [0.1, 0.15) is 6.04 Å². The van der Waals surface area contributed by atoms with Gasteiger partial charge in [0, 0.05) is 32.7 Å². The van der Waals surface area contributed by atoms with Crippen LogP contribution in [0.15, 0.2) is 121 Å². The average molecular weight is 479 g/mol. The number of carbonyl (C=O) groups is 1. The van der Waals surface area contributed by atoms with Gasteiger partial charge in [-0.1, -0.05) is 121 Å². The van der Waals surface area contributed by atoms with Crippen LogP contribution in [0.25, 0.3) is 0 Å². The lowest BCUT2D eigenvalue weighted by Gasteiger charge is -2.34. The second-order valence-corrected chi connectivity index (χ2v) is 9.06. The molecule has 1 unspecified atom stereocenters. The van der Waals surface area contributed by atoms with Crippen LogP contribution in [-0.2, 0) is 35.7 Å². The summed E-state index contributed by atoms with van der Waals surface area (Å²) in [5, 5.41) is 0. The van der Waals surface area contributed by atoms with E-state index in [4.69, 9.17) is 4.74 Å². The summed E-state index contributed by atoms with van der Waals surface area (Å²) in [5.74, 6) is -0.215. The number of hydrogen-bond donors (Lipinski definition) is 0. The maximum atomic E-state index is 13.3. The molecule has 0 aliphatic carbocycles. The Labute approximate surface area is 214 Å². The molecule has 0 aliphatic heterocycles. The van der Waals surface area contributed by atoms with Crippen molar-refractivity contribution in [2.75, 3.05) is 13.7 Å². The lowest BCUT2D eigenvalue weighted by Crippen LogP contribution is -2.48. The van der Waals surface area contributed by atoms with Gasteiger partial charge in [0.15, 0.2) is 0 Å². The Morgan fingerprint density at radius 3 is 1.25 bits per heavy atom. The maximum Gasteiger partial charge on any atom is 0.324 e. The van der Waals surface area contributed by atoms with Gasteiger partial charge in [-0.3, -0.25) is 14.6 Å². The van der Waals surface area contributed by atoms with E-state index < -0.39 is 6.04 Å². The maximum absolute atomic E-state index is 13.3. The van der Waals surface area contributed by atoms with Gasteiger partial charge in [-0.15, -0.1) is 0 Å². The van der Waals surface area contributed by atoms with Crippen molar-refractivity contribution in [2.45, 2.75) is 32.2 Å². The van der Waals surface area contributed by atoms with Crippen molar-refractivity contribution in [2.24, 2.45) is 0 Å². The van der Waals surface area contributed by atoms with Gasteiger partial charge in [0.2, 0.25) is 0 Å². The quantitative estimate of drug-likeness (QED) is 0.236. The number of benzene rings is 4. The third kappa shape index (κ3) is 7.64. The van der Waals surface area contributed by atoms with Gasteiger partial charge in [-0.05, 0) is 22.3 Å². The molecule has 0 N–H and O–H groups in total. The molecule has 0 aliphatic rings. The van der Waals surface area contributed by atoms with Gasteiger partial charge >= 0.3 is 5.97 Å². The van der Waals surface area contributed by atoms with E-state index in [-0.39, 0.29) is 5.97 Å². The SMILES string of the molecule is COC(=O)C(CN(Cc1ccccc1)Cc1ccccc1)N(Cc1ccccc1)Cc1ccccc1. The van der Waals surface area contributed by atoms with Crippen molar-refractivity contribution < 1.29 is 9.53 Å². The fraction of sp³-hybridized carbons (Fsp3) is 0.219. The van der Waals surface area contributed by atoms with E-state index in [1.807, 2.05) is 48.5 Å². The van der Waals surface area contributed by atoms with Crippen LogP contribution >= 0.6 is 0 Å². The molecule has 4 rings (SSSR count). The molecule has 0 heterocycles. The Balaban J connectivity index is 1.64. The Morgan fingerprint density at radius 1 is 0.583 bits per heavy atom. The second kappa shape index (κ2) is 13.4. The molecule has 1 atom stereocenters. The summed E-state index contributed by atoms with van der Waals surface area (Å²) >= 11 is 0. The third-order valence-corrected chi connectivity index (χ3v) is 6.30. The molecular formula is C32H34N2O2. The highest BCUT2D eigenvalue weighted by atomic mass is 16.5. The lowest BCUT2D eigenvalue weighted by molar-refractivity contribution is -0.148. The molecule has 36 heavy (non-hydrogen) atoms. The highest BCUT2D eigenvalue weighted by Gasteiger charge is 2.29. The zero-order valence-electron chi connectivity index (χ0n) is 20.9. The van der Waals surface area contributed by atoms with Gasteiger partial charge in [0.25, 0.3) is 0 Å². The number of nitrogens with zero attached hydrogens (tertiary/aromatic N) is 2. The summed E-state index contributed by atoms with van der Waals surface area (Å²) in [5.41, 5.74) is 4.77. The minimum atomic E-state index is -0.428. The fourth-order valence-corrected chi connectivity index (χ4v) is 4.50. The van der Waals surface area contributed by atoms with Crippen LogP contribution in [0.4, 0.5) is 0 Å². The van der Waals surface area contributed by atoms with Crippen LogP contribution in [0.1, 0.15) is 22.3 Å². The number of ether oxygens (including phenoxy) is 1. The Morgan fingerprint density at radius 2 is 0.917 bits per heavy atom. The van der Waals surface area contributed by atoms with Gasteiger partial charge in [-0.2, -0.15) is 0 Å². The normalized spacial score (nSPS) is 12.0. The molecular weight excluding hydrogens is 444 g/mol. The number of hydrogen-bond acceptors (Lipinski definition) is 4. The topological polar surface area (TPSA) is 32.8 Å². The standard InChI is InChI=1S/C32H34N2O2/c1-36-32(35)31(34(24-29-18-10-4-11-19-29)25-30-20-12-5-13-21-30)26-33(22-27-14-6-2-7-15-27)23-28-16-8-3-9-17-28/h2-21,31H,22-26H2,1H3. The molecule has 0 spiro atoms. The summed E-state index contributed by atoms with van der Waals surface area (Å²) in [6.45, 7) is 3.34. The fourth-order valence-electron chi connectivity index (χ4n) is 4.50. The zero-order valence-corrected chi connectivity index (χ0v) is 20.9. The van der Waals surface area contributed by atoms with E-state index in [1.165, 1.54) is 29.4 Å². The molecule has 0 amide bonds. The molecule has 184 valence electrons. The van der Waals surface area contributed by atoms with Crippen molar-refractivity contribution in [3.8, 4) is 0 Å². The first-order valence-corrected chi connectivity index (χ1v) is 12.4. The molecule has 0 aromatic heterocycles. The third-order valence-electron chi connectivity index (χ3n) is 6.30. The summed E-state index contributed by atoms with van der Waals surface area (Å²) in [7, 11) is 1.48. The molecule has 4 aromatic rings. The van der Waals surface area contributed by atoms with E-state index in [0.29, 0.717) is 19.6 Å². The summed E-state index contributed by atoms with van der Waals surface area (Å²) in [6, 6.07) is 41.1. The number of methoxy groups -OCH3 is 1. The largest absolute Gasteiger partial charge is 0.468 e. The van der Waals surface area contributed by atoms with Gasteiger partial charge < -0.3 is 4.74 Å². The van der Waals surface area contributed by atoms with Crippen LogP contribution < -0.4 is 0 Å². The van der Waals surface area contributed by atoms with E-state index in [0.717, 1.165) is 13.1 Å². The van der Waals surface area contributed by atoms with Crippen LogP contribution in [0.2, 0.25) is 0 Å². The molecule has 0 saturated heterocycles. The molecule has 0 bridgehead atoms. The first-order valence-electron chi connectivity index (χ1n) is 12.4. The number of rotatable bonds is 12. The molecule has 0 radical (unpaired) electrons. The molecule has 4 nitrogen and oxygen atoms in total. The number of carbonyl (C=O) groups excluding carboxylic acids is 1.